The highest BCUT2D eigenvalue weighted by atomic mass is 16.5. The van der Waals surface area contributed by atoms with Gasteiger partial charge in [-0.1, -0.05) is 12.8 Å². The molecule has 4 nitrogen and oxygen atoms in total. The molecule has 0 radical (unpaired) electrons. The van der Waals surface area contributed by atoms with Crippen LogP contribution < -0.4 is 0 Å². The van der Waals surface area contributed by atoms with Crippen molar-refractivity contribution in [2.24, 2.45) is 0 Å². The highest BCUT2D eigenvalue weighted by molar-refractivity contribution is 5.72. The predicted octanol–water partition coefficient (Wildman–Crippen LogP) is 1.74. The number of nitrogens with zero attached hydrogens (tertiary/aromatic N) is 1. The summed E-state index contributed by atoms with van der Waals surface area (Å²) >= 11 is 0. The fourth-order valence-corrected chi connectivity index (χ4v) is 2.22. The molecule has 0 aromatic rings. The number of carboxylic acid groups (broad SMARTS) is 1. The lowest BCUT2D eigenvalue weighted by Crippen LogP contribution is -2.42. The third-order valence-electron chi connectivity index (χ3n) is 3.23. The van der Waals surface area contributed by atoms with E-state index in [1.165, 1.54) is 25.7 Å². The lowest BCUT2D eigenvalue weighted by molar-refractivity contribution is -0.151. The van der Waals surface area contributed by atoms with Crippen molar-refractivity contribution < 1.29 is 14.6 Å². The van der Waals surface area contributed by atoms with Crippen molar-refractivity contribution in [3.8, 4) is 0 Å². The van der Waals surface area contributed by atoms with Crippen LogP contribution in [0.4, 0.5) is 0 Å². The summed E-state index contributed by atoms with van der Waals surface area (Å²) in [7, 11) is 0. The van der Waals surface area contributed by atoms with E-state index in [4.69, 9.17) is 9.84 Å². The van der Waals surface area contributed by atoms with Gasteiger partial charge in [-0.05, 0) is 33.2 Å². The highest BCUT2D eigenvalue weighted by Crippen LogP contribution is 2.17. The molecule has 1 aliphatic heterocycles. The van der Waals surface area contributed by atoms with Gasteiger partial charge in [-0.15, -0.1) is 0 Å². The van der Waals surface area contributed by atoms with Gasteiger partial charge >= 0.3 is 5.97 Å². The second kappa shape index (κ2) is 6.86. The number of carboxylic acids is 1. The number of ether oxygens (including phenoxy) is 1. The zero-order chi connectivity index (χ0) is 12.0. The maximum atomic E-state index is 11.0. The van der Waals surface area contributed by atoms with Gasteiger partial charge in [-0.25, -0.2) is 4.79 Å². The topological polar surface area (TPSA) is 49.8 Å². The Morgan fingerprint density at radius 1 is 1.50 bits per heavy atom. The summed E-state index contributed by atoms with van der Waals surface area (Å²) in [6.07, 6.45) is 4.17. The average molecular weight is 229 g/mol. The van der Waals surface area contributed by atoms with Gasteiger partial charge in [0.15, 0.2) is 6.10 Å². The minimum atomic E-state index is -0.849. The van der Waals surface area contributed by atoms with Crippen LogP contribution in [-0.4, -0.2) is 47.8 Å². The molecule has 0 aromatic heterocycles. The molecule has 1 N–H and O–H groups in total. The lowest BCUT2D eigenvalue weighted by Gasteiger charge is -2.29. The first-order valence-electron chi connectivity index (χ1n) is 6.23. The van der Waals surface area contributed by atoms with Gasteiger partial charge < -0.3 is 9.84 Å². The van der Waals surface area contributed by atoms with E-state index in [2.05, 4.69) is 11.8 Å². The first-order chi connectivity index (χ1) is 7.65. The largest absolute Gasteiger partial charge is 0.479 e. The van der Waals surface area contributed by atoms with Crippen LogP contribution in [0.3, 0.4) is 0 Å². The Morgan fingerprint density at radius 3 is 2.88 bits per heavy atom. The summed E-state index contributed by atoms with van der Waals surface area (Å²) in [6.45, 7) is 5.99. The van der Waals surface area contributed by atoms with Crippen molar-refractivity contribution in [3.63, 3.8) is 0 Å². The molecule has 0 bridgehead atoms. The Hall–Kier alpha value is -0.610. The first-order valence-corrected chi connectivity index (χ1v) is 6.23. The van der Waals surface area contributed by atoms with Crippen LogP contribution in [-0.2, 0) is 9.53 Å². The smallest absolute Gasteiger partial charge is 0.334 e. The molecule has 0 aromatic carbocycles. The van der Waals surface area contributed by atoms with E-state index in [1.807, 2.05) is 6.92 Å². The van der Waals surface area contributed by atoms with Crippen LogP contribution >= 0.6 is 0 Å². The Kier molecular flexibility index (Phi) is 5.77. The van der Waals surface area contributed by atoms with E-state index in [0.29, 0.717) is 19.2 Å². The van der Waals surface area contributed by atoms with E-state index < -0.39 is 12.1 Å². The van der Waals surface area contributed by atoms with Gasteiger partial charge in [0.05, 0.1) is 0 Å². The van der Waals surface area contributed by atoms with Gasteiger partial charge in [-0.3, -0.25) is 4.90 Å². The molecule has 2 unspecified atom stereocenters. The fourth-order valence-electron chi connectivity index (χ4n) is 2.22. The lowest BCUT2D eigenvalue weighted by atomic mass is 10.1. The number of hydrogen-bond donors (Lipinski definition) is 1. The van der Waals surface area contributed by atoms with Crippen molar-refractivity contribution in [1.82, 2.24) is 4.90 Å². The molecule has 1 heterocycles. The van der Waals surface area contributed by atoms with Crippen LogP contribution in [0.2, 0.25) is 0 Å². The van der Waals surface area contributed by atoms with Crippen molar-refractivity contribution in [1.29, 1.82) is 0 Å². The van der Waals surface area contributed by atoms with Crippen molar-refractivity contribution in [2.75, 3.05) is 19.7 Å². The zero-order valence-corrected chi connectivity index (χ0v) is 10.3. The fraction of sp³-hybridized carbons (Fsp3) is 0.917. The summed E-state index contributed by atoms with van der Waals surface area (Å²) in [5, 5.41) is 9.04. The molecule has 94 valence electrons. The molecule has 1 rings (SSSR count). The molecule has 2 atom stereocenters. The maximum absolute atomic E-state index is 11.0. The summed E-state index contributed by atoms with van der Waals surface area (Å²) in [6, 6.07) is 0.477. The predicted molar refractivity (Wildman–Crippen MR) is 62.6 cm³/mol. The standard InChI is InChI=1S/C12H23NO3/c1-3-16-11(12(14)15)9-13-8-6-4-5-7-10(13)2/h10-11H,3-9H2,1-2H3,(H,14,15). The van der Waals surface area contributed by atoms with Gasteiger partial charge in [0.1, 0.15) is 0 Å². The number of aliphatic carboxylic acids is 1. The molecule has 16 heavy (non-hydrogen) atoms. The molecule has 0 saturated carbocycles. The summed E-state index contributed by atoms with van der Waals surface area (Å²) < 4.78 is 5.25. The second-order valence-corrected chi connectivity index (χ2v) is 4.48. The van der Waals surface area contributed by atoms with Crippen LogP contribution in [0.25, 0.3) is 0 Å². The number of rotatable bonds is 5. The number of hydrogen-bond acceptors (Lipinski definition) is 3. The Bertz CT molecular complexity index is 220. The Morgan fingerprint density at radius 2 is 2.25 bits per heavy atom. The quantitative estimate of drug-likeness (QED) is 0.780. The van der Waals surface area contributed by atoms with E-state index in [-0.39, 0.29) is 0 Å². The third kappa shape index (κ3) is 4.10. The SMILES string of the molecule is CCOC(CN1CCCCCC1C)C(=O)O. The second-order valence-electron chi connectivity index (χ2n) is 4.48. The maximum Gasteiger partial charge on any atom is 0.334 e. The molecule has 0 amide bonds. The van der Waals surface area contributed by atoms with Crippen LogP contribution in [0.1, 0.15) is 39.5 Å². The minimum Gasteiger partial charge on any atom is -0.479 e. The molecule has 1 fully saturated rings. The molecule has 1 aliphatic rings. The first kappa shape index (κ1) is 13.5. The van der Waals surface area contributed by atoms with Crippen molar-refractivity contribution >= 4 is 5.97 Å². The van der Waals surface area contributed by atoms with Crippen LogP contribution in [0.15, 0.2) is 0 Å². The molecule has 4 heteroatoms. The monoisotopic (exact) mass is 229 g/mol. The van der Waals surface area contributed by atoms with E-state index in [1.54, 1.807) is 0 Å². The summed E-state index contributed by atoms with van der Waals surface area (Å²) in [4.78, 5) is 13.3. The number of carbonyl (C=O) groups is 1. The van der Waals surface area contributed by atoms with E-state index in [9.17, 15) is 4.79 Å². The minimum absolute atomic E-state index is 0.458. The molecule has 1 saturated heterocycles. The molecule has 0 spiro atoms. The highest BCUT2D eigenvalue weighted by Gasteiger charge is 2.25. The molecular weight excluding hydrogens is 206 g/mol. The normalized spacial score (nSPS) is 25.0. The third-order valence-corrected chi connectivity index (χ3v) is 3.23. The van der Waals surface area contributed by atoms with Gasteiger partial charge in [-0.2, -0.15) is 0 Å². The molecule has 0 aliphatic carbocycles. The van der Waals surface area contributed by atoms with Crippen LogP contribution in [0.5, 0.6) is 0 Å². The van der Waals surface area contributed by atoms with Crippen LogP contribution in [0, 0.1) is 0 Å². The summed E-state index contributed by atoms with van der Waals surface area (Å²) in [5.41, 5.74) is 0. The summed E-state index contributed by atoms with van der Waals surface area (Å²) in [5.74, 6) is -0.849. The van der Waals surface area contributed by atoms with Gasteiger partial charge in [0, 0.05) is 19.2 Å². The van der Waals surface area contributed by atoms with Gasteiger partial charge in [0.2, 0.25) is 0 Å². The zero-order valence-electron chi connectivity index (χ0n) is 10.3. The van der Waals surface area contributed by atoms with E-state index in [0.717, 1.165) is 6.54 Å². The Labute approximate surface area is 97.6 Å². The average Bonchev–Trinajstić information content (AvgIpc) is 2.43. The van der Waals surface area contributed by atoms with E-state index >= 15 is 0 Å². The van der Waals surface area contributed by atoms with Crippen molar-refractivity contribution in [3.05, 3.63) is 0 Å². The molecular formula is C12H23NO3. The van der Waals surface area contributed by atoms with Crippen molar-refractivity contribution in [2.45, 2.75) is 51.7 Å². The van der Waals surface area contributed by atoms with Gasteiger partial charge in [0.25, 0.3) is 0 Å². The Balaban J connectivity index is 2.50. The number of likely N-dealkylation sites (tertiary alicyclic amines) is 1.